The smallest absolute Gasteiger partial charge is 0.254 e. The van der Waals surface area contributed by atoms with Crippen LogP contribution >= 0.6 is 0 Å². The fourth-order valence-electron chi connectivity index (χ4n) is 1.56. The van der Waals surface area contributed by atoms with Gasteiger partial charge in [0.15, 0.2) is 0 Å². The highest BCUT2D eigenvalue weighted by atomic mass is 16.3. The monoisotopic (exact) mass is 258 g/mol. The van der Waals surface area contributed by atoms with Crippen molar-refractivity contribution in [1.29, 1.82) is 0 Å². The van der Waals surface area contributed by atoms with Gasteiger partial charge in [-0.15, -0.1) is 0 Å². The lowest BCUT2D eigenvalue weighted by Gasteiger charge is -2.08. The molecule has 5 nitrogen and oxygen atoms in total. The van der Waals surface area contributed by atoms with E-state index in [1.165, 1.54) is 18.6 Å². The molecule has 5 heteroatoms. The number of nitrogens with one attached hydrogen (secondary N) is 2. The van der Waals surface area contributed by atoms with Crippen LogP contribution in [0.4, 0.5) is 5.69 Å². The number of aryl methyl sites for hydroxylation is 1. The molecular formula is C14H14N2O3. The predicted octanol–water partition coefficient (Wildman–Crippen LogP) is 1.96. The molecule has 0 spiro atoms. The Labute approximate surface area is 110 Å². The van der Waals surface area contributed by atoms with E-state index in [0.717, 1.165) is 11.3 Å². The van der Waals surface area contributed by atoms with Gasteiger partial charge in [0, 0.05) is 5.69 Å². The zero-order valence-corrected chi connectivity index (χ0v) is 10.5. The summed E-state index contributed by atoms with van der Waals surface area (Å²) in [6, 6.07) is 8.98. The summed E-state index contributed by atoms with van der Waals surface area (Å²) in [4.78, 5) is 23.3. The second-order valence-electron chi connectivity index (χ2n) is 4.06. The van der Waals surface area contributed by atoms with Crippen molar-refractivity contribution < 1.29 is 14.0 Å². The maximum atomic E-state index is 11.7. The maximum absolute atomic E-state index is 11.7. The van der Waals surface area contributed by atoms with Crippen LogP contribution in [-0.2, 0) is 4.79 Å². The molecule has 0 radical (unpaired) electrons. The van der Waals surface area contributed by atoms with Crippen molar-refractivity contribution in [1.82, 2.24) is 5.32 Å². The van der Waals surface area contributed by atoms with Gasteiger partial charge >= 0.3 is 0 Å². The minimum Gasteiger partial charge on any atom is -0.472 e. The van der Waals surface area contributed by atoms with Crippen molar-refractivity contribution in [2.75, 3.05) is 11.9 Å². The molecule has 0 aliphatic carbocycles. The topological polar surface area (TPSA) is 71.3 Å². The molecule has 1 heterocycles. The van der Waals surface area contributed by atoms with Gasteiger partial charge in [0.25, 0.3) is 5.91 Å². The summed E-state index contributed by atoms with van der Waals surface area (Å²) in [6.45, 7) is 1.82. The van der Waals surface area contributed by atoms with Gasteiger partial charge in [-0.1, -0.05) is 18.2 Å². The first kappa shape index (κ1) is 12.9. The summed E-state index contributed by atoms with van der Waals surface area (Å²) in [5.41, 5.74) is 2.10. The molecule has 1 aromatic carbocycles. The van der Waals surface area contributed by atoms with Gasteiger partial charge < -0.3 is 15.1 Å². The predicted molar refractivity (Wildman–Crippen MR) is 70.8 cm³/mol. The van der Waals surface area contributed by atoms with Crippen LogP contribution in [0.1, 0.15) is 15.9 Å². The molecule has 0 unspecified atom stereocenters. The van der Waals surface area contributed by atoms with Crippen molar-refractivity contribution in [2.45, 2.75) is 6.92 Å². The summed E-state index contributed by atoms with van der Waals surface area (Å²) in [5, 5.41) is 5.25. The van der Waals surface area contributed by atoms with Crippen LogP contribution in [0.2, 0.25) is 0 Å². The minimum atomic E-state index is -0.339. The largest absolute Gasteiger partial charge is 0.472 e. The maximum Gasteiger partial charge on any atom is 0.254 e. The molecule has 2 rings (SSSR count). The first-order valence-electron chi connectivity index (χ1n) is 5.82. The number of carbonyl (C=O) groups excluding carboxylic acids is 2. The van der Waals surface area contributed by atoms with Crippen LogP contribution in [0.5, 0.6) is 0 Å². The summed E-state index contributed by atoms with van der Waals surface area (Å²) in [6.07, 6.45) is 2.73. The Morgan fingerprint density at radius 1 is 1.21 bits per heavy atom. The lowest BCUT2D eigenvalue weighted by molar-refractivity contribution is -0.115. The number of carbonyl (C=O) groups is 2. The number of hydrogen-bond acceptors (Lipinski definition) is 3. The Hall–Kier alpha value is -2.56. The number of amides is 2. The molecule has 0 saturated carbocycles. The first-order valence-corrected chi connectivity index (χ1v) is 5.82. The lowest BCUT2D eigenvalue weighted by Crippen LogP contribution is -2.32. The van der Waals surface area contributed by atoms with Crippen LogP contribution in [-0.4, -0.2) is 18.4 Å². The summed E-state index contributed by atoms with van der Waals surface area (Å²) in [7, 11) is 0. The molecule has 0 aliphatic rings. The van der Waals surface area contributed by atoms with Crippen LogP contribution in [0.25, 0.3) is 0 Å². The lowest BCUT2D eigenvalue weighted by atomic mass is 10.2. The highest BCUT2D eigenvalue weighted by molar-refractivity contribution is 5.99. The molecule has 98 valence electrons. The molecule has 2 aromatic rings. The quantitative estimate of drug-likeness (QED) is 0.880. The number of hydrogen-bond donors (Lipinski definition) is 2. The minimum absolute atomic E-state index is 0.0850. The third kappa shape index (κ3) is 3.45. The Balaban J connectivity index is 1.86. The summed E-state index contributed by atoms with van der Waals surface area (Å²) >= 11 is 0. The van der Waals surface area contributed by atoms with Crippen LogP contribution < -0.4 is 10.6 Å². The van der Waals surface area contributed by atoms with Crippen molar-refractivity contribution in [2.24, 2.45) is 0 Å². The van der Waals surface area contributed by atoms with Gasteiger partial charge in [-0.2, -0.15) is 0 Å². The van der Waals surface area contributed by atoms with E-state index in [2.05, 4.69) is 10.6 Å². The molecule has 2 N–H and O–H groups in total. The molecule has 2 amide bonds. The Kier molecular flexibility index (Phi) is 3.97. The Morgan fingerprint density at radius 2 is 2.00 bits per heavy atom. The molecular weight excluding hydrogens is 244 g/mol. The van der Waals surface area contributed by atoms with Gasteiger partial charge in [-0.05, 0) is 24.6 Å². The second-order valence-corrected chi connectivity index (χ2v) is 4.06. The standard InChI is InChI=1S/C14H14N2O3/c1-10-4-2-3-5-12(10)16-13(17)8-15-14(18)11-6-7-19-9-11/h2-7,9H,8H2,1H3,(H,15,18)(H,16,17). The number of rotatable bonds is 4. The number of furan rings is 1. The average molecular weight is 258 g/mol. The van der Waals surface area contributed by atoms with E-state index in [9.17, 15) is 9.59 Å². The molecule has 19 heavy (non-hydrogen) atoms. The van der Waals surface area contributed by atoms with Crippen LogP contribution in [0, 0.1) is 6.92 Å². The van der Waals surface area contributed by atoms with Gasteiger partial charge in [0.2, 0.25) is 5.91 Å². The van der Waals surface area contributed by atoms with E-state index >= 15 is 0 Å². The summed E-state index contributed by atoms with van der Waals surface area (Å²) < 4.78 is 4.79. The molecule has 0 fully saturated rings. The number of para-hydroxylation sites is 1. The fourth-order valence-corrected chi connectivity index (χ4v) is 1.56. The molecule has 0 aliphatic heterocycles. The molecule has 0 bridgehead atoms. The highest BCUT2D eigenvalue weighted by Crippen LogP contribution is 2.12. The van der Waals surface area contributed by atoms with Crippen molar-refractivity contribution >= 4 is 17.5 Å². The molecule has 0 atom stereocenters. The first-order chi connectivity index (χ1) is 9.16. The number of benzene rings is 1. The van der Waals surface area contributed by atoms with E-state index in [4.69, 9.17) is 4.42 Å². The Morgan fingerprint density at radius 3 is 2.68 bits per heavy atom. The molecule has 1 aromatic heterocycles. The van der Waals surface area contributed by atoms with Gasteiger partial charge in [-0.3, -0.25) is 9.59 Å². The van der Waals surface area contributed by atoms with Crippen molar-refractivity contribution in [3.8, 4) is 0 Å². The highest BCUT2D eigenvalue weighted by Gasteiger charge is 2.09. The fraction of sp³-hybridized carbons (Fsp3) is 0.143. The van der Waals surface area contributed by atoms with E-state index in [-0.39, 0.29) is 18.4 Å². The van der Waals surface area contributed by atoms with Crippen LogP contribution in [0.15, 0.2) is 47.3 Å². The Bertz CT molecular complexity index is 576. The average Bonchev–Trinajstić information content (AvgIpc) is 2.93. The van der Waals surface area contributed by atoms with E-state index in [1.54, 1.807) is 0 Å². The van der Waals surface area contributed by atoms with Crippen molar-refractivity contribution in [3.63, 3.8) is 0 Å². The third-order valence-electron chi connectivity index (χ3n) is 2.61. The van der Waals surface area contributed by atoms with Gasteiger partial charge in [0.1, 0.15) is 6.26 Å². The second kappa shape index (κ2) is 5.86. The van der Waals surface area contributed by atoms with E-state index in [0.29, 0.717) is 5.56 Å². The van der Waals surface area contributed by atoms with Gasteiger partial charge in [-0.25, -0.2) is 0 Å². The zero-order valence-electron chi connectivity index (χ0n) is 10.5. The zero-order chi connectivity index (χ0) is 13.7. The number of anilines is 1. The molecule has 0 saturated heterocycles. The van der Waals surface area contributed by atoms with E-state index < -0.39 is 0 Å². The summed E-state index contributed by atoms with van der Waals surface area (Å²) in [5.74, 6) is -0.611. The van der Waals surface area contributed by atoms with Gasteiger partial charge in [0.05, 0.1) is 18.4 Å². The SMILES string of the molecule is Cc1ccccc1NC(=O)CNC(=O)c1ccoc1. The van der Waals surface area contributed by atoms with E-state index in [1.807, 2.05) is 31.2 Å². The van der Waals surface area contributed by atoms with Crippen LogP contribution in [0.3, 0.4) is 0 Å². The normalized spacial score (nSPS) is 9.95. The third-order valence-corrected chi connectivity index (χ3v) is 2.61. The van der Waals surface area contributed by atoms with Crippen molar-refractivity contribution in [3.05, 3.63) is 54.0 Å².